The molecule has 2 saturated heterocycles. The Kier molecular flexibility index (Phi) is 7.30. The number of anilines is 1. The number of piperazine rings is 1. The third-order valence-corrected chi connectivity index (χ3v) is 7.06. The van der Waals surface area contributed by atoms with Crippen LogP contribution in [0.3, 0.4) is 0 Å². The molecule has 0 spiro atoms. The van der Waals surface area contributed by atoms with Crippen molar-refractivity contribution in [1.29, 1.82) is 0 Å². The lowest BCUT2D eigenvalue weighted by Crippen LogP contribution is -2.53. The molecule has 3 aromatic carbocycles. The lowest BCUT2D eigenvalue weighted by Gasteiger charge is -2.41. The minimum Gasteiger partial charge on any atom is -0.494 e. The minimum atomic E-state index is -0.503. The molecule has 8 heteroatoms. The summed E-state index contributed by atoms with van der Waals surface area (Å²) >= 11 is 0. The van der Waals surface area contributed by atoms with Crippen LogP contribution in [0.15, 0.2) is 72.8 Å². The Hall–Kier alpha value is -3.62. The summed E-state index contributed by atoms with van der Waals surface area (Å²) in [7, 11) is 0. The van der Waals surface area contributed by atoms with Gasteiger partial charge in [0.25, 0.3) is 5.91 Å². The first-order valence-corrected chi connectivity index (χ1v) is 12.5. The molecule has 0 aromatic heterocycles. The Morgan fingerprint density at radius 3 is 1.86 bits per heavy atom. The Morgan fingerprint density at radius 1 is 0.811 bits per heavy atom. The van der Waals surface area contributed by atoms with Gasteiger partial charge >= 0.3 is 0 Å². The van der Waals surface area contributed by atoms with Gasteiger partial charge in [0, 0.05) is 26.2 Å². The van der Waals surface area contributed by atoms with Gasteiger partial charge in [-0.25, -0.2) is 13.7 Å². The van der Waals surface area contributed by atoms with E-state index in [1.165, 1.54) is 29.2 Å². The molecular formula is C29H29F2N3O3. The predicted octanol–water partition coefficient (Wildman–Crippen LogP) is 4.40. The molecule has 2 heterocycles. The quantitative estimate of drug-likeness (QED) is 0.446. The van der Waals surface area contributed by atoms with E-state index in [4.69, 9.17) is 4.74 Å². The molecule has 0 aliphatic carbocycles. The van der Waals surface area contributed by atoms with E-state index >= 15 is 0 Å². The Morgan fingerprint density at radius 2 is 1.35 bits per heavy atom. The lowest BCUT2D eigenvalue weighted by atomic mass is 9.96. The fourth-order valence-electron chi connectivity index (χ4n) is 5.24. The molecule has 37 heavy (non-hydrogen) atoms. The Labute approximate surface area is 215 Å². The molecule has 0 saturated carbocycles. The van der Waals surface area contributed by atoms with Crippen LogP contribution in [0.2, 0.25) is 0 Å². The summed E-state index contributed by atoms with van der Waals surface area (Å²) in [6, 6.07) is 19.0. The molecule has 1 atom stereocenters. The number of rotatable bonds is 7. The summed E-state index contributed by atoms with van der Waals surface area (Å²) < 4.78 is 32.7. The standard InChI is InChI=1S/C29H29F2N3O3/c1-2-37-25-13-11-24(12-14-25)34-27(35)19-26(29(34)36)32-15-17-33(18-16-32)28(20-3-7-22(30)8-4-20)21-5-9-23(31)10-6-21/h3-14,26,28H,2,15-19H2,1H3/t26-/m0/s1. The number of ether oxygens (including phenoxy) is 1. The summed E-state index contributed by atoms with van der Waals surface area (Å²) in [4.78, 5) is 31.7. The van der Waals surface area contributed by atoms with Crippen LogP contribution in [0, 0.1) is 11.6 Å². The summed E-state index contributed by atoms with van der Waals surface area (Å²) in [6.07, 6.45) is 0.144. The number of amides is 2. The molecule has 3 aromatic rings. The van der Waals surface area contributed by atoms with Crippen molar-refractivity contribution in [2.24, 2.45) is 0 Å². The van der Waals surface area contributed by atoms with Crippen LogP contribution in [0.1, 0.15) is 30.5 Å². The first kappa shape index (κ1) is 25.0. The second-order valence-corrected chi connectivity index (χ2v) is 9.29. The van der Waals surface area contributed by atoms with Crippen LogP contribution in [0.4, 0.5) is 14.5 Å². The van der Waals surface area contributed by atoms with E-state index in [2.05, 4.69) is 9.80 Å². The van der Waals surface area contributed by atoms with Crippen LogP contribution in [-0.4, -0.2) is 60.4 Å². The van der Waals surface area contributed by atoms with Gasteiger partial charge in [0.15, 0.2) is 0 Å². The van der Waals surface area contributed by atoms with Crippen molar-refractivity contribution in [3.63, 3.8) is 0 Å². The number of nitrogens with zero attached hydrogens (tertiary/aromatic N) is 3. The maximum absolute atomic E-state index is 13.6. The molecule has 0 bridgehead atoms. The maximum atomic E-state index is 13.6. The predicted molar refractivity (Wildman–Crippen MR) is 136 cm³/mol. The molecule has 2 fully saturated rings. The van der Waals surface area contributed by atoms with Gasteiger partial charge in [-0.05, 0) is 66.6 Å². The highest BCUT2D eigenvalue weighted by Crippen LogP contribution is 2.32. The van der Waals surface area contributed by atoms with E-state index in [1.54, 1.807) is 48.5 Å². The smallest absolute Gasteiger partial charge is 0.251 e. The van der Waals surface area contributed by atoms with Crippen molar-refractivity contribution < 1.29 is 23.1 Å². The number of benzene rings is 3. The Bertz CT molecular complexity index is 1200. The second kappa shape index (κ2) is 10.8. The fourth-order valence-corrected chi connectivity index (χ4v) is 5.24. The molecule has 0 radical (unpaired) electrons. The number of imide groups is 1. The average molecular weight is 506 g/mol. The van der Waals surface area contributed by atoms with Gasteiger partial charge in [0.1, 0.15) is 17.4 Å². The maximum Gasteiger partial charge on any atom is 0.251 e. The molecular weight excluding hydrogens is 476 g/mol. The third kappa shape index (κ3) is 5.26. The van der Waals surface area contributed by atoms with Crippen LogP contribution in [0.5, 0.6) is 5.75 Å². The Balaban J connectivity index is 1.29. The molecule has 2 amide bonds. The van der Waals surface area contributed by atoms with Crippen LogP contribution in [0.25, 0.3) is 0 Å². The lowest BCUT2D eigenvalue weighted by molar-refractivity contribution is -0.123. The van der Waals surface area contributed by atoms with E-state index in [0.29, 0.717) is 44.2 Å². The largest absolute Gasteiger partial charge is 0.494 e. The first-order chi connectivity index (χ1) is 17.9. The van der Waals surface area contributed by atoms with E-state index < -0.39 is 6.04 Å². The number of hydrogen-bond donors (Lipinski definition) is 0. The molecule has 192 valence electrons. The van der Waals surface area contributed by atoms with Gasteiger partial charge < -0.3 is 4.74 Å². The SMILES string of the molecule is CCOc1ccc(N2C(=O)C[C@H](N3CCN(C(c4ccc(F)cc4)c4ccc(F)cc4)CC3)C2=O)cc1. The number of hydrogen-bond acceptors (Lipinski definition) is 5. The summed E-state index contributed by atoms with van der Waals surface area (Å²) in [6.45, 7) is 4.91. The van der Waals surface area contributed by atoms with Gasteiger partial charge in [-0.15, -0.1) is 0 Å². The topological polar surface area (TPSA) is 53.1 Å². The van der Waals surface area contributed by atoms with Crippen molar-refractivity contribution >= 4 is 17.5 Å². The molecule has 5 rings (SSSR count). The van der Waals surface area contributed by atoms with Crippen molar-refractivity contribution in [1.82, 2.24) is 9.80 Å². The van der Waals surface area contributed by atoms with Crippen LogP contribution < -0.4 is 9.64 Å². The third-order valence-electron chi connectivity index (χ3n) is 7.06. The molecule has 0 N–H and O–H groups in total. The van der Waals surface area contributed by atoms with Gasteiger partial charge in [-0.2, -0.15) is 0 Å². The van der Waals surface area contributed by atoms with Gasteiger partial charge in [-0.1, -0.05) is 24.3 Å². The normalized spacial score (nSPS) is 19.1. The van der Waals surface area contributed by atoms with E-state index in [-0.39, 0.29) is 35.9 Å². The molecule has 2 aliphatic heterocycles. The van der Waals surface area contributed by atoms with E-state index in [9.17, 15) is 18.4 Å². The average Bonchev–Trinajstić information content (AvgIpc) is 3.21. The van der Waals surface area contributed by atoms with Gasteiger partial charge in [0.2, 0.25) is 5.91 Å². The number of carbonyl (C=O) groups excluding carboxylic acids is 2. The zero-order valence-corrected chi connectivity index (χ0v) is 20.6. The van der Waals surface area contributed by atoms with Crippen LogP contribution >= 0.6 is 0 Å². The van der Waals surface area contributed by atoms with Crippen molar-refractivity contribution in [3.05, 3.63) is 95.6 Å². The van der Waals surface area contributed by atoms with E-state index in [0.717, 1.165) is 11.1 Å². The number of halogens is 2. The van der Waals surface area contributed by atoms with Crippen molar-refractivity contribution in [2.45, 2.75) is 25.4 Å². The van der Waals surface area contributed by atoms with Gasteiger partial charge in [-0.3, -0.25) is 19.4 Å². The highest BCUT2D eigenvalue weighted by molar-refractivity contribution is 6.22. The molecule has 2 aliphatic rings. The summed E-state index contributed by atoms with van der Waals surface area (Å²) in [5, 5.41) is 0. The zero-order valence-electron chi connectivity index (χ0n) is 20.6. The first-order valence-electron chi connectivity index (χ1n) is 12.5. The minimum absolute atomic E-state index is 0.144. The van der Waals surface area contributed by atoms with Crippen molar-refractivity contribution in [3.8, 4) is 5.75 Å². The summed E-state index contributed by atoms with van der Waals surface area (Å²) in [5.41, 5.74) is 2.37. The second-order valence-electron chi connectivity index (χ2n) is 9.29. The highest BCUT2D eigenvalue weighted by Gasteiger charge is 2.43. The summed E-state index contributed by atoms with van der Waals surface area (Å²) in [5.74, 6) is -0.357. The molecule has 0 unspecified atom stereocenters. The highest BCUT2D eigenvalue weighted by atomic mass is 19.1. The monoisotopic (exact) mass is 505 g/mol. The number of carbonyl (C=O) groups is 2. The zero-order chi connectivity index (χ0) is 25.9. The van der Waals surface area contributed by atoms with Crippen molar-refractivity contribution in [2.75, 3.05) is 37.7 Å². The van der Waals surface area contributed by atoms with Crippen LogP contribution in [-0.2, 0) is 9.59 Å². The van der Waals surface area contributed by atoms with E-state index in [1.807, 2.05) is 6.92 Å². The molecule has 6 nitrogen and oxygen atoms in total. The van der Waals surface area contributed by atoms with Gasteiger partial charge in [0.05, 0.1) is 30.8 Å². The fraction of sp³-hybridized carbons (Fsp3) is 0.310.